The lowest BCUT2D eigenvalue weighted by Crippen LogP contribution is -2.58. The smallest absolute Gasteiger partial charge is 0.350 e. The SMILES string of the molecule is CC1C(=O)NCC(=O)NCC(=O)NC2CCCN(C2)C(=O)C1(C)CC(F)(F)F. The monoisotopic (exact) mass is 406 g/mol. The van der Waals surface area contributed by atoms with E-state index in [-0.39, 0.29) is 19.6 Å². The molecule has 0 radical (unpaired) electrons. The highest BCUT2D eigenvalue weighted by atomic mass is 19.4. The van der Waals surface area contributed by atoms with Gasteiger partial charge in [-0.15, -0.1) is 0 Å². The number of halogens is 3. The fourth-order valence-corrected chi connectivity index (χ4v) is 3.60. The van der Waals surface area contributed by atoms with E-state index in [0.717, 1.165) is 6.92 Å². The van der Waals surface area contributed by atoms with Crippen LogP contribution in [0.15, 0.2) is 0 Å². The highest BCUT2D eigenvalue weighted by Crippen LogP contribution is 2.41. The molecule has 2 heterocycles. The Balaban J connectivity index is 2.36. The molecule has 2 bridgehead atoms. The molecule has 158 valence electrons. The third-order valence-electron chi connectivity index (χ3n) is 5.35. The molecule has 0 aromatic rings. The van der Waals surface area contributed by atoms with Crippen LogP contribution in [0, 0.1) is 11.3 Å². The van der Waals surface area contributed by atoms with E-state index in [9.17, 15) is 32.3 Å². The van der Waals surface area contributed by atoms with Gasteiger partial charge in [0.15, 0.2) is 0 Å². The van der Waals surface area contributed by atoms with Gasteiger partial charge in [0.25, 0.3) is 0 Å². The molecule has 28 heavy (non-hydrogen) atoms. The van der Waals surface area contributed by atoms with Crippen LogP contribution in [0.1, 0.15) is 33.1 Å². The Bertz CT molecular complexity index is 655. The van der Waals surface area contributed by atoms with Crippen LogP contribution < -0.4 is 16.0 Å². The minimum atomic E-state index is -4.66. The minimum Gasteiger partial charge on any atom is -0.350 e. The van der Waals surface area contributed by atoms with E-state index in [1.807, 2.05) is 0 Å². The molecule has 2 aliphatic heterocycles. The van der Waals surface area contributed by atoms with E-state index in [4.69, 9.17) is 0 Å². The predicted octanol–water partition coefficient (Wildman–Crippen LogP) is -0.0656. The number of hydrogen-bond donors (Lipinski definition) is 3. The van der Waals surface area contributed by atoms with Gasteiger partial charge in [-0.05, 0) is 19.8 Å². The molecule has 8 nitrogen and oxygen atoms in total. The first-order valence-corrected chi connectivity index (χ1v) is 9.12. The third kappa shape index (κ3) is 5.35. The molecular weight excluding hydrogens is 381 g/mol. The number of rotatable bonds is 1. The molecule has 3 N–H and O–H groups in total. The molecule has 0 spiro atoms. The fourth-order valence-electron chi connectivity index (χ4n) is 3.60. The Hall–Kier alpha value is -2.33. The summed E-state index contributed by atoms with van der Waals surface area (Å²) in [6.07, 6.45) is -5.06. The maximum Gasteiger partial charge on any atom is 0.390 e. The minimum absolute atomic E-state index is 0.0559. The van der Waals surface area contributed by atoms with Crippen molar-refractivity contribution in [1.29, 1.82) is 0 Å². The summed E-state index contributed by atoms with van der Waals surface area (Å²) >= 11 is 0. The van der Waals surface area contributed by atoms with Crippen LogP contribution in [-0.4, -0.2) is 66.9 Å². The van der Waals surface area contributed by atoms with Gasteiger partial charge in [0.1, 0.15) is 0 Å². The van der Waals surface area contributed by atoms with Gasteiger partial charge in [0, 0.05) is 25.0 Å². The zero-order valence-electron chi connectivity index (χ0n) is 15.8. The topological polar surface area (TPSA) is 108 Å². The molecule has 2 rings (SSSR count). The summed E-state index contributed by atoms with van der Waals surface area (Å²) in [4.78, 5) is 50.5. The first-order chi connectivity index (χ1) is 12.9. The van der Waals surface area contributed by atoms with E-state index in [1.165, 1.54) is 11.8 Å². The van der Waals surface area contributed by atoms with Crippen molar-refractivity contribution in [3.8, 4) is 0 Å². The Morgan fingerprint density at radius 3 is 2.39 bits per heavy atom. The quantitative estimate of drug-likeness (QED) is 0.567. The summed E-state index contributed by atoms with van der Waals surface area (Å²) in [5.74, 6) is -4.05. The maximum atomic E-state index is 13.3. The van der Waals surface area contributed by atoms with Crippen LogP contribution in [-0.2, 0) is 19.2 Å². The van der Waals surface area contributed by atoms with Crippen molar-refractivity contribution in [3.05, 3.63) is 0 Å². The summed E-state index contributed by atoms with van der Waals surface area (Å²) in [6.45, 7) is 1.90. The van der Waals surface area contributed by atoms with Crippen molar-refractivity contribution < 1.29 is 32.3 Å². The zero-order valence-corrected chi connectivity index (χ0v) is 15.8. The molecule has 0 aromatic heterocycles. The van der Waals surface area contributed by atoms with Crippen LogP contribution in [0.3, 0.4) is 0 Å². The third-order valence-corrected chi connectivity index (χ3v) is 5.35. The Labute approximate surface area is 160 Å². The van der Waals surface area contributed by atoms with Gasteiger partial charge in [0.05, 0.1) is 24.9 Å². The van der Waals surface area contributed by atoms with Crippen molar-refractivity contribution in [3.63, 3.8) is 0 Å². The normalized spacial score (nSPS) is 30.8. The summed E-state index contributed by atoms with van der Waals surface area (Å²) in [7, 11) is 0. The average Bonchev–Trinajstić information content (AvgIpc) is 2.61. The number of piperidine rings is 1. The van der Waals surface area contributed by atoms with Crippen LogP contribution in [0.2, 0.25) is 0 Å². The van der Waals surface area contributed by atoms with E-state index < -0.39 is 60.1 Å². The Kier molecular flexibility index (Phi) is 6.56. The Morgan fingerprint density at radius 1 is 1.11 bits per heavy atom. The molecule has 3 unspecified atom stereocenters. The number of carbonyl (C=O) groups excluding carboxylic acids is 4. The van der Waals surface area contributed by atoms with Gasteiger partial charge in [-0.1, -0.05) is 6.92 Å². The lowest BCUT2D eigenvalue weighted by atomic mass is 9.73. The average molecular weight is 406 g/mol. The summed E-state index contributed by atoms with van der Waals surface area (Å²) in [5, 5.41) is 7.27. The maximum absolute atomic E-state index is 13.3. The van der Waals surface area contributed by atoms with Crippen LogP contribution in [0.5, 0.6) is 0 Å². The second-order valence-electron chi connectivity index (χ2n) is 7.58. The zero-order chi connectivity index (χ0) is 21.1. The summed E-state index contributed by atoms with van der Waals surface area (Å²) < 4.78 is 39.8. The number of nitrogens with one attached hydrogen (secondary N) is 3. The van der Waals surface area contributed by atoms with Crippen molar-refractivity contribution >= 4 is 23.6 Å². The van der Waals surface area contributed by atoms with Gasteiger partial charge in [-0.2, -0.15) is 13.2 Å². The number of hydrogen-bond acceptors (Lipinski definition) is 4. The van der Waals surface area contributed by atoms with Gasteiger partial charge in [-0.3, -0.25) is 19.2 Å². The molecule has 3 atom stereocenters. The van der Waals surface area contributed by atoms with E-state index in [1.54, 1.807) is 0 Å². The summed E-state index contributed by atoms with van der Waals surface area (Å²) in [5.41, 5.74) is -2.03. The first kappa shape index (κ1) is 22.0. The van der Waals surface area contributed by atoms with E-state index >= 15 is 0 Å². The number of carbonyl (C=O) groups is 4. The second-order valence-corrected chi connectivity index (χ2v) is 7.58. The molecule has 4 amide bonds. The fraction of sp³-hybridized carbons (Fsp3) is 0.765. The summed E-state index contributed by atoms with van der Waals surface area (Å²) in [6, 6.07) is -0.427. The van der Waals surface area contributed by atoms with Crippen molar-refractivity contribution in [2.45, 2.75) is 45.3 Å². The highest BCUT2D eigenvalue weighted by molar-refractivity contribution is 5.93. The number of fused-ring (bicyclic) bond motifs is 2. The highest BCUT2D eigenvalue weighted by Gasteiger charge is 2.51. The predicted molar refractivity (Wildman–Crippen MR) is 91.7 cm³/mol. The molecule has 2 saturated heterocycles. The lowest BCUT2D eigenvalue weighted by Gasteiger charge is -2.41. The van der Waals surface area contributed by atoms with Gasteiger partial charge in [0.2, 0.25) is 23.6 Å². The number of nitrogens with zero attached hydrogens (tertiary/aromatic N) is 1. The second kappa shape index (κ2) is 8.36. The molecule has 2 fully saturated rings. The van der Waals surface area contributed by atoms with Crippen molar-refractivity contribution in [1.82, 2.24) is 20.9 Å². The van der Waals surface area contributed by atoms with Gasteiger partial charge >= 0.3 is 6.18 Å². The van der Waals surface area contributed by atoms with Crippen LogP contribution in [0.4, 0.5) is 13.2 Å². The molecule has 0 saturated carbocycles. The molecule has 0 aromatic carbocycles. The molecule has 2 aliphatic rings. The van der Waals surface area contributed by atoms with Gasteiger partial charge in [-0.25, -0.2) is 0 Å². The van der Waals surface area contributed by atoms with E-state index in [2.05, 4.69) is 16.0 Å². The molecule has 0 aliphatic carbocycles. The first-order valence-electron chi connectivity index (χ1n) is 9.12. The largest absolute Gasteiger partial charge is 0.390 e. The van der Waals surface area contributed by atoms with E-state index in [0.29, 0.717) is 12.8 Å². The van der Waals surface area contributed by atoms with Gasteiger partial charge < -0.3 is 20.9 Å². The van der Waals surface area contributed by atoms with Crippen LogP contribution >= 0.6 is 0 Å². The lowest BCUT2D eigenvalue weighted by molar-refractivity contribution is -0.181. The molecular formula is C17H25F3N4O4. The van der Waals surface area contributed by atoms with Crippen molar-refractivity contribution in [2.24, 2.45) is 11.3 Å². The Morgan fingerprint density at radius 2 is 1.75 bits per heavy atom. The molecule has 11 heteroatoms. The number of amides is 4. The standard InChI is InChI=1S/C17H25F3N4O4/c1-10-14(27)22-6-12(25)21-7-13(26)23-11-4-3-5-24(8-11)15(28)16(10,2)9-17(18,19)20/h10-11H,3-9H2,1-2H3,(H,21,25)(H,22,27)(H,23,26). The van der Waals surface area contributed by atoms with Crippen LogP contribution in [0.25, 0.3) is 0 Å². The van der Waals surface area contributed by atoms with Crippen molar-refractivity contribution in [2.75, 3.05) is 26.2 Å². The number of alkyl halides is 3.